The van der Waals surface area contributed by atoms with Crippen LogP contribution in [0.25, 0.3) is 0 Å². The molecule has 0 radical (unpaired) electrons. The molecule has 1 rings (SSSR count). The number of rotatable bonds is 7. The van der Waals surface area contributed by atoms with E-state index in [0.717, 1.165) is 25.7 Å². The van der Waals surface area contributed by atoms with E-state index in [1.54, 1.807) is 6.92 Å². The molecule has 0 saturated heterocycles. The molecule has 0 amide bonds. The van der Waals surface area contributed by atoms with E-state index in [9.17, 15) is 9.59 Å². The molecule has 140 valence electrons. The minimum absolute atomic E-state index is 0.0933. The first-order valence-electron chi connectivity index (χ1n) is 8.62. The molecule has 0 heterocycles. The lowest BCUT2D eigenvalue weighted by atomic mass is 9.98. The summed E-state index contributed by atoms with van der Waals surface area (Å²) in [4.78, 5) is 23.6. The SMILES string of the molecule is CC(OC(=O)OC1CCCCC1)OC(=O)C(C)NCOC(C)(C)C. The van der Waals surface area contributed by atoms with Gasteiger partial charge in [-0.15, -0.1) is 0 Å². The average molecular weight is 345 g/mol. The van der Waals surface area contributed by atoms with E-state index in [1.807, 2.05) is 20.8 Å². The smallest absolute Gasteiger partial charge is 0.431 e. The van der Waals surface area contributed by atoms with Crippen LogP contribution in [-0.4, -0.2) is 42.9 Å². The number of carbonyl (C=O) groups excluding carboxylic acids is 2. The fraction of sp³-hybridized carbons (Fsp3) is 0.882. The van der Waals surface area contributed by atoms with Crippen LogP contribution in [0.3, 0.4) is 0 Å². The van der Waals surface area contributed by atoms with Crippen LogP contribution in [0.5, 0.6) is 0 Å². The summed E-state index contributed by atoms with van der Waals surface area (Å²) in [6.07, 6.45) is 3.12. The van der Waals surface area contributed by atoms with Crippen LogP contribution >= 0.6 is 0 Å². The third-order valence-electron chi connectivity index (χ3n) is 3.61. The molecule has 7 nitrogen and oxygen atoms in total. The van der Waals surface area contributed by atoms with E-state index in [4.69, 9.17) is 18.9 Å². The first-order valence-corrected chi connectivity index (χ1v) is 8.62. The fourth-order valence-electron chi connectivity index (χ4n) is 2.24. The Hall–Kier alpha value is -1.34. The highest BCUT2D eigenvalue weighted by Crippen LogP contribution is 2.20. The number of carbonyl (C=O) groups is 2. The Morgan fingerprint density at radius 2 is 1.71 bits per heavy atom. The van der Waals surface area contributed by atoms with Crippen molar-refractivity contribution in [3.63, 3.8) is 0 Å². The topological polar surface area (TPSA) is 83.1 Å². The molecule has 7 heteroatoms. The number of ether oxygens (including phenoxy) is 4. The quantitative estimate of drug-likeness (QED) is 0.560. The molecule has 1 aliphatic rings. The van der Waals surface area contributed by atoms with Crippen LogP contribution in [0.1, 0.15) is 66.7 Å². The molecule has 1 saturated carbocycles. The van der Waals surface area contributed by atoms with E-state index >= 15 is 0 Å². The summed E-state index contributed by atoms with van der Waals surface area (Å²) < 4.78 is 20.7. The van der Waals surface area contributed by atoms with Gasteiger partial charge in [-0.2, -0.15) is 0 Å². The summed E-state index contributed by atoms with van der Waals surface area (Å²) in [5.74, 6) is -0.523. The molecule has 0 aromatic heterocycles. The molecule has 0 aromatic rings. The second-order valence-corrected chi connectivity index (χ2v) is 7.08. The van der Waals surface area contributed by atoms with Crippen molar-refractivity contribution in [2.45, 2.75) is 90.8 Å². The van der Waals surface area contributed by atoms with Crippen molar-refractivity contribution in [1.29, 1.82) is 0 Å². The standard InChI is InChI=1S/C17H31NO6/c1-12(18-11-21-17(3,4)5)15(19)22-13(2)23-16(20)24-14-9-7-6-8-10-14/h12-14,18H,6-11H2,1-5H3. The van der Waals surface area contributed by atoms with E-state index < -0.39 is 24.5 Å². The van der Waals surface area contributed by atoms with Gasteiger partial charge in [0.2, 0.25) is 6.29 Å². The van der Waals surface area contributed by atoms with Gasteiger partial charge in [-0.1, -0.05) is 6.42 Å². The van der Waals surface area contributed by atoms with E-state index in [1.165, 1.54) is 13.3 Å². The molecule has 2 unspecified atom stereocenters. The third-order valence-corrected chi connectivity index (χ3v) is 3.61. The van der Waals surface area contributed by atoms with Crippen molar-refractivity contribution in [3.8, 4) is 0 Å². The summed E-state index contributed by atoms with van der Waals surface area (Å²) in [6.45, 7) is 9.13. The van der Waals surface area contributed by atoms with Crippen molar-refractivity contribution in [2.24, 2.45) is 0 Å². The van der Waals surface area contributed by atoms with E-state index in [-0.39, 0.29) is 18.4 Å². The van der Waals surface area contributed by atoms with Crippen molar-refractivity contribution >= 4 is 12.1 Å². The molecule has 2 atom stereocenters. The maximum Gasteiger partial charge on any atom is 0.511 e. The third kappa shape index (κ3) is 9.08. The van der Waals surface area contributed by atoms with Crippen molar-refractivity contribution < 1.29 is 28.5 Å². The van der Waals surface area contributed by atoms with Gasteiger partial charge in [0.05, 0.1) is 12.3 Å². The zero-order chi connectivity index (χ0) is 18.2. The van der Waals surface area contributed by atoms with Crippen LogP contribution in [0.2, 0.25) is 0 Å². The molecule has 0 bridgehead atoms. The lowest BCUT2D eigenvalue weighted by Crippen LogP contribution is -2.40. The van der Waals surface area contributed by atoms with Crippen LogP contribution in [-0.2, 0) is 23.7 Å². The van der Waals surface area contributed by atoms with Gasteiger partial charge in [0.1, 0.15) is 12.1 Å². The molecule has 0 aromatic carbocycles. The Kier molecular flexibility index (Phi) is 8.48. The Bertz CT molecular complexity index is 400. The van der Waals surface area contributed by atoms with Gasteiger partial charge >= 0.3 is 12.1 Å². The maximum atomic E-state index is 11.9. The number of esters is 1. The molecule has 0 spiro atoms. The van der Waals surface area contributed by atoms with Crippen molar-refractivity contribution in [1.82, 2.24) is 5.32 Å². The van der Waals surface area contributed by atoms with Crippen molar-refractivity contribution in [2.75, 3.05) is 6.73 Å². The van der Waals surface area contributed by atoms with Crippen LogP contribution < -0.4 is 5.32 Å². The Balaban J connectivity index is 2.23. The Labute approximate surface area is 144 Å². The minimum atomic E-state index is -0.999. The lowest BCUT2D eigenvalue weighted by Gasteiger charge is -2.23. The largest absolute Gasteiger partial charge is 0.511 e. The number of hydrogen-bond donors (Lipinski definition) is 1. The molecule has 1 aliphatic carbocycles. The second-order valence-electron chi connectivity index (χ2n) is 7.08. The van der Waals surface area contributed by atoms with E-state index in [2.05, 4.69) is 5.32 Å². The van der Waals surface area contributed by atoms with Gasteiger partial charge in [-0.25, -0.2) is 4.79 Å². The average Bonchev–Trinajstić information content (AvgIpc) is 2.46. The van der Waals surface area contributed by atoms with Gasteiger partial charge in [-0.3, -0.25) is 10.1 Å². The number of hydrogen-bond acceptors (Lipinski definition) is 7. The van der Waals surface area contributed by atoms with E-state index in [0.29, 0.717) is 0 Å². The highest BCUT2D eigenvalue weighted by atomic mass is 16.8. The zero-order valence-electron chi connectivity index (χ0n) is 15.4. The summed E-state index contributed by atoms with van der Waals surface area (Å²) >= 11 is 0. The predicted octanol–water partition coefficient (Wildman–Crippen LogP) is 3.11. The van der Waals surface area contributed by atoms with Gasteiger partial charge in [-0.05, 0) is 53.4 Å². The maximum absolute atomic E-state index is 11.9. The molecule has 1 N–H and O–H groups in total. The molecular weight excluding hydrogens is 314 g/mol. The lowest BCUT2D eigenvalue weighted by molar-refractivity contribution is -0.172. The Morgan fingerprint density at radius 3 is 2.29 bits per heavy atom. The summed E-state index contributed by atoms with van der Waals surface area (Å²) in [7, 11) is 0. The highest BCUT2D eigenvalue weighted by molar-refractivity contribution is 5.75. The fourth-order valence-corrected chi connectivity index (χ4v) is 2.24. The highest BCUT2D eigenvalue weighted by Gasteiger charge is 2.23. The monoisotopic (exact) mass is 345 g/mol. The van der Waals surface area contributed by atoms with Gasteiger partial charge in [0.15, 0.2) is 0 Å². The van der Waals surface area contributed by atoms with Gasteiger partial charge in [0, 0.05) is 6.92 Å². The summed E-state index contributed by atoms with van der Waals surface area (Å²) in [6, 6.07) is -0.576. The number of nitrogens with one attached hydrogen (secondary N) is 1. The minimum Gasteiger partial charge on any atom is -0.431 e. The van der Waals surface area contributed by atoms with Gasteiger partial charge in [0.25, 0.3) is 0 Å². The predicted molar refractivity (Wildman–Crippen MR) is 88.3 cm³/mol. The van der Waals surface area contributed by atoms with Crippen LogP contribution in [0.15, 0.2) is 0 Å². The summed E-state index contributed by atoms with van der Waals surface area (Å²) in [5.41, 5.74) is -0.296. The molecule has 1 fully saturated rings. The summed E-state index contributed by atoms with van der Waals surface area (Å²) in [5, 5.41) is 2.89. The van der Waals surface area contributed by atoms with Crippen molar-refractivity contribution in [3.05, 3.63) is 0 Å². The van der Waals surface area contributed by atoms with Gasteiger partial charge < -0.3 is 18.9 Å². The first kappa shape index (κ1) is 20.7. The molecule has 0 aliphatic heterocycles. The Morgan fingerprint density at radius 1 is 1.08 bits per heavy atom. The zero-order valence-corrected chi connectivity index (χ0v) is 15.4. The second kappa shape index (κ2) is 9.84. The molecule has 24 heavy (non-hydrogen) atoms. The normalized spacial score (nSPS) is 18.5. The molecular formula is C17H31NO6. The first-order chi connectivity index (χ1) is 11.2. The van der Waals surface area contributed by atoms with Crippen LogP contribution in [0, 0.1) is 0 Å². The van der Waals surface area contributed by atoms with Crippen LogP contribution in [0.4, 0.5) is 4.79 Å².